The number of aromatic nitrogens is 1. The van der Waals surface area contributed by atoms with Crippen LogP contribution in [0.15, 0.2) is 29.6 Å². The van der Waals surface area contributed by atoms with Crippen molar-refractivity contribution in [2.75, 3.05) is 7.11 Å². The molecular weight excluding hydrogens is 244 g/mol. The summed E-state index contributed by atoms with van der Waals surface area (Å²) in [5.41, 5.74) is 8.06. The molecule has 0 saturated heterocycles. The number of methoxy groups -OCH3 is 1. The lowest BCUT2D eigenvalue weighted by Gasteiger charge is -2.11. The van der Waals surface area contributed by atoms with Crippen LogP contribution in [0.25, 0.3) is 11.3 Å². The van der Waals surface area contributed by atoms with Gasteiger partial charge in [0.25, 0.3) is 0 Å². The second kappa shape index (κ2) is 5.50. The summed E-state index contributed by atoms with van der Waals surface area (Å²) >= 11 is 1.61. The molecule has 0 amide bonds. The van der Waals surface area contributed by atoms with Crippen LogP contribution >= 0.6 is 11.3 Å². The van der Waals surface area contributed by atoms with Crippen LogP contribution < -0.4 is 10.5 Å². The summed E-state index contributed by atoms with van der Waals surface area (Å²) < 4.78 is 5.35. The Labute approximate surface area is 112 Å². The molecule has 1 aromatic heterocycles. The lowest BCUT2D eigenvalue weighted by molar-refractivity contribution is 0.416. The third kappa shape index (κ3) is 2.54. The maximum Gasteiger partial charge on any atom is 0.128 e. The average molecular weight is 262 g/mol. The molecule has 0 saturated carbocycles. The van der Waals surface area contributed by atoms with Crippen molar-refractivity contribution < 1.29 is 4.74 Å². The Hall–Kier alpha value is -1.39. The monoisotopic (exact) mass is 262 g/mol. The summed E-state index contributed by atoms with van der Waals surface area (Å²) in [6.07, 6.45) is 0. The van der Waals surface area contributed by atoms with E-state index in [1.165, 1.54) is 0 Å². The zero-order valence-corrected chi connectivity index (χ0v) is 11.7. The molecule has 96 valence electrons. The standard InChI is InChI=1S/C14H18N2OS/c1-9(2)13(15)14-16-11(8-18-14)10-6-4-5-7-12(10)17-3/h4-9,13H,15H2,1-3H3. The smallest absolute Gasteiger partial charge is 0.128 e. The van der Waals surface area contributed by atoms with Gasteiger partial charge in [-0.1, -0.05) is 26.0 Å². The Morgan fingerprint density at radius 2 is 2.00 bits per heavy atom. The molecule has 18 heavy (non-hydrogen) atoms. The highest BCUT2D eigenvalue weighted by molar-refractivity contribution is 7.10. The first-order chi connectivity index (χ1) is 8.63. The molecule has 2 aromatic rings. The molecule has 2 rings (SSSR count). The summed E-state index contributed by atoms with van der Waals surface area (Å²) in [5.74, 6) is 1.23. The first-order valence-corrected chi connectivity index (χ1v) is 6.86. The SMILES string of the molecule is COc1ccccc1-c1csc(C(N)C(C)C)n1. The fourth-order valence-electron chi connectivity index (χ4n) is 1.71. The second-order valence-corrected chi connectivity index (χ2v) is 5.43. The van der Waals surface area contributed by atoms with Crippen molar-refractivity contribution in [3.8, 4) is 17.0 Å². The van der Waals surface area contributed by atoms with Gasteiger partial charge >= 0.3 is 0 Å². The number of ether oxygens (including phenoxy) is 1. The van der Waals surface area contributed by atoms with E-state index in [0.29, 0.717) is 5.92 Å². The number of nitrogens with two attached hydrogens (primary N) is 1. The summed E-state index contributed by atoms with van der Waals surface area (Å²) in [7, 11) is 1.67. The highest BCUT2D eigenvalue weighted by Crippen LogP contribution is 2.32. The lowest BCUT2D eigenvalue weighted by Crippen LogP contribution is -2.16. The van der Waals surface area contributed by atoms with Crippen LogP contribution in [0.2, 0.25) is 0 Å². The predicted molar refractivity (Wildman–Crippen MR) is 75.9 cm³/mol. The zero-order valence-electron chi connectivity index (χ0n) is 10.9. The van der Waals surface area contributed by atoms with Gasteiger partial charge in [0, 0.05) is 10.9 Å². The van der Waals surface area contributed by atoms with E-state index < -0.39 is 0 Å². The molecule has 2 N–H and O–H groups in total. The number of para-hydroxylation sites is 1. The summed E-state index contributed by atoms with van der Waals surface area (Å²) in [6, 6.07) is 7.89. The minimum atomic E-state index is -0.00143. The van der Waals surface area contributed by atoms with Gasteiger partial charge in [-0.25, -0.2) is 4.98 Å². The Balaban J connectivity index is 2.35. The summed E-state index contributed by atoms with van der Waals surface area (Å²) in [4.78, 5) is 4.62. The molecule has 0 bridgehead atoms. The van der Waals surface area contributed by atoms with E-state index >= 15 is 0 Å². The third-order valence-corrected chi connectivity index (χ3v) is 3.85. The van der Waals surface area contributed by atoms with Crippen molar-refractivity contribution >= 4 is 11.3 Å². The van der Waals surface area contributed by atoms with E-state index in [9.17, 15) is 0 Å². The average Bonchev–Trinajstić information content (AvgIpc) is 2.87. The zero-order chi connectivity index (χ0) is 13.1. The van der Waals surface area contributed by atoms with Crippen LogP contribution in [0.1, 0.15) is 24.9 Å². The predicted octanol–water partition coefficient (Wildman–Crippen LogP) is 3.47. The van der Waals surface area contributed by atoms with Gasteiger partial charge < -0.3 is 10.5 Å². The highest BCUT2D eigenvalue weighted by atomic mass is 32.1. The number of rotatable bonds is 4. The molecule has 0 spiro atoms. The Morgan fingerprint density at radius 1 is 1.28 bits per heavy atom. The Morgan fingerprint density at radius 3 is 2.67 bits per heavy atom. The number of thiazole rings is 1. The van der Waals surface area contributed by atoms with E-state index in [2.05, 4.69) is 18.8 Å². The van der Waals surface area contributed by atoms with Crippen molar-refractivity contribution in [2.24, 2.45) is 11.7 Å². The molecule has 0 fully saturated rings. The molecule has 0 radical (unpaired) electrons. The lowest BCUT2D eigenvalue weighted by atomic mass is 10.1. The van der Waals surface area contributed by atoms with E-state index in [1.807, 2.05) is 29.6 Å². The van der Waals surface area contributed by atoms with Gasteiger partial charge in [-0.2, -0.15) is 0 Å². The molecule has 4 heteroatoms. The van der Waals surface area contributed by atoms with Gasteiger partial charge in [-0.15, -0.1) is 11.3 Å². The van der Waals surface area contributed by atoms with Gasteiger partial charge in [-0.3, -0.25) is 0 Å². The van der Waals surface area contributed by atoms with Gasteiger partial charge in [0.1, 0.15) is 10.8 Å². The minimum Gasteiger partial charge on any atom is -0.496 e. The van der Waals surface area contributed by atoms with Crippen LogP contribution in [0.3, 0.4) is 0 Å². The van der Waals surface area contributed by atoms with Crippen molar-refractivity contribution in [3.63, 3.8) is 0 Å². The molecule has 1 atom stereocenters. The van der Waals surface area contributed by atoms with Gasteiger partial charge in [0.15, 0.2) is 0 Å². The van der Waals surface area contributed by atoms with Crippen LogP contribution in [0.4, 0.5) is 0 Å². The molecule has 0 aliphatic rings. The fourth-order valence-corrected chi connectivity index (χ4v) is 2.70. The van der Waals surface area contributed by atoms with Crippen LogP contribution in [-0.2, 0) is 0 Å². The topological polar surface area (TPSA) is 48.1 Å². The van der Waals surface area contributed by atoms with Crippen molar-refractivity contribution in [2.45, 2.75) is 19.9 Å². The first-order valence-electron chi connectivity index (χ1n) is 5.98. The van der Waals surface area contributed by atoms with E-state index in [-0.39, 0.29) is 6.04 Å². The molecule has 1 aromatic carbocycles. The van der Waals surface area contributed by atoms with E-state index in [1.54, 1.807) is 18.4 Å². The summed E-state index contributed by atoms with van der Waals surface area (Å²) in [5, 5.41) is 3.01. The number of benzene rings is 1. The molecular formula is C14H18N2OS. The third-order valence-electron chi connectivity index (χ3n) is 2.91. The van der Waals surface area contributed by atoms with Crippen molar-refractivity contribution in [3.05, 3.63) is 34.7 Å². The largest absolute Gasteiger partial charge is 0.496 e. The van der Waals surface area contributed by atoms with Gasteiger partial charge in [-0.05, 0) is 18.1 Å². The van der Waals surface area contributed by atoms with E-state index in [0.717, 1.165) is 22.0 Å². The quantitative estimate of drug-likeness (QED) is 0.917. The Kier molecular flexibility index (Phi) is 3.99. The van der Waals surface area contributed by atoms with Gasteiger partial charge in [0.05, 0.1) is 18.8 Å². The molecule has 1 unspecified atom stereocenters. The van der Waals surface area contributed by atoms with Crippen LogP contribution in [-0.4, -0.2) is 12.1 Å². The van der Waals surface area contributed by atoms with Crippen molar-refractivity contribution in [1.82, 2.24) is 4.98 Å². The maximum absolute atomic E-state index is 6.12. The number of hydrogen-bond acceptors (Lipinski definition) is 4. The van der Waals surface area contributed by atoms with E-state index in [4.69, 9.17) is 10.5 Å². The molecule has 3 nitrogen and oxygen atoms in total. The second-order valence-electron chi connectivity index (χ2n) is 4.54. The highest BCUT2D eigenvalue weighted by Gasteiger charge is 2.16. The molecule has 0 aliphatic heterocycles. The Bertz CT molecular complexity index is 522. The number of hydrogen-bond donors (Lipinski definition) is 1. The van der Waals surface area contributed by atoms with Gasteiger partial charge in [0.2, 0.25) is 0 Å². The summed E-state index contributed by atoms with van der Waals surface area (Å²) in [6.45, 7) is 4.21. The minimum absolute atomic E-state index is 0.00143. The molecule has 1 heterocycles. The molecule has 0 aliphatic carbocycles. The first kappa shape index (κ1) is 13.1. The van der Waals surface area contributed by atoms with Crippen molar-refractivity contribution in [1.29, 1.82) is 0 Å². The fraction of sp³-hybridized carbons (Fsp3) is 0.357. The normalized spacial score (nSPS) is 12.7. The van der Waals surface area contributed by atoms with Crippen LogP contribution in [0, 0.1) is 5.92 Å². The number of nitrogens with zero attached hydrogens (tertiary/aromatic N) is 1. The maximum atomic E-state index is 6.12. The van der Waals surface area contributed by atoms with Crippen LogP contribution in [0.5, 0.6) is 5.75 Å².